The number of benzene rings is 1. The van der Waals surface area contributed by atoms with Crippen LogP contribution in [0.1, 0.15) is 35.7 Å². The van der Waals surface area contributed by atoms with E-state index in [1.54, 1.807) is 14.0 Å². The summed E-state index contributed by atoms with van der Waals surface area (Å²) in [7, 11) is 1.65. The highest BCUT2D eigenvalue weighted by atomic mass is 127. The number of nitrogens with one attached hydrogen (secondary N) is 2. The predicted molar refractivity (Wildman–Crippen MR) is 121 cm³/mol. The number of amides is 1. The highest BCUT2D eigenvalue weighted by molar-refractivity contribution is 14.0. The van der Waals surface area contributed by atoms with E-state index < -0.39 is 17.6 Å². The maximum absolute atomic E-state index is 12.6. The van der Waals surface area contributed by atoms with Crippen LogP contribution in [0.25, 0.3) is 0 Å². The standard InChI is InChI=1S/C20H27F3N4O3.HI/c1-3-30-18(29)15-8-12-27(13-9-15)19(24-2)26-11-10-25-17(28)14-4-6-16(7-5-14)20(21,22)23;/h4-7,15H,3,8-13H2,1-2H3,(H,24,26)(H,25,28);1H. The number of carbonyl (C=O) groups is 2. The Bertz CT molecular complexity index is 749. The fraction of sp³-hybridized carbons (Fsp3) is 0.550. The number of guanidine groups is 1. The van der Waals surface area contributed by atoms with Gasteiger partial charge in [-0.3, -0.25) is 14.6 Å². The number of hydrogen-bond acceptors (Lipinski definition) is 4. The lowest BCUT2D eigenvalue weighted by atomic mass is 9.97. The number of halogens is 4. The maximum Gasteiger partial charge on any atom is 0.416 e. The fourth-order valence-corrected chi connectivity index (χ4v) is 3.18. The number of rotatable bonds is 6. The molecule has 174 valence electrons. The smallest absolute Gasteiger partial charge is 0.416 e. The van der Waals surface area contributed by atoms with Crippen LogP contribution in [0.15, 0.2) is 29.3 Å². The number of esters is 1. The molecule has 0 bridgehead atoms. The lowest BCUT2D eigenvalue weighted by Gasteiger charge is -2.33. The van der Waals surface area contributed by atoms with Crippen molar-refractivity contribution in [2.45, 2.75) is 25.9 Å². The molecule has 0 saturated carbocycles. The van der Waals surface area contributed by atoms with Crippen LogP contribution in [0.3, 0.4) is 0 Å². The minimum absolute atomic E-state index is 0. The average Bonchev–Trinajstić information content (AvgIpc) is 2.73. The first-order valence-corrected chi connectivity index (χ1v) is 9.84. The largest absolute Gasteiger partial charge is 0.466 e. The van der Waals surface area contributed by atoms with Crippen LogP contribution in [0.2, 0.25) is 0 Å². The SMILES string of the molecule is CCOC(=O)C1CCN(C(=NC)NCCNC(=O)c2ccc(C(F)(F)F)cc2)CC1.I. The van der Waals surface area contributed by atoms with E-state index in [1.807, 2.05) is 4.90 Å². The third-order valence-electron chi connectivity index (χ3n) is 4.79. The second kappa shape index (κ2) is 12.7. The zero-order chi connectivity index (χ0) is 22.1. The highest BCUT2D eigenvalue weighted by Gasteiger charge is 2.30. The molecule has 0 radical (unpaired) electrons. The number of aliphatic imine (C=N–C) groups is 1. The molecule has 2 rings (SSSR count). The Morgan fingerprint density at radius 2 is 1.71 bits per heavy atom. The van der Waals surface area contributed by atoms with Crippen molar-refractivity contribution in [2.24, 2.45) is 10.9 Å². The first kappa shape index (κ1) is 27.0. The molecule has 0 atom stereocenters. The summed E-state index contributed by atoms with van der Waals surface area (Å²) >= 11 is 0. The lowest BCUT2D eigenvalue weighted by Crippen LogP contribution is -2.48. The van der Waals surface area contributed by atoms with E-state index in [4.69, 9.17) is 4.74 Å². The van der Waals surface area contributed by atoms with Gasteiger partial charge in [-0.1, -0.05) is 0 Å². The minimum atomic E-state index is -4.43. The number of hydrogen-bond donors (Lipinski definition) is 2. The number of carbonyl (C=O) groups excluding carboxylic acids is 2. The topological polar surface area (TPSA) is 83.0 Å². The molecule has 1 aromatic carbocycles. The summed E-state index contributed by atoms with van der Waals surface area (Å²) in [4.78, 5) is 30.1. The van der Waals surface area contributed by atoms with Crippen molar-refractivity contribution >= 4 is 41.8 Å². The van der Waals surface area contributed by atoms with Gasteiger partial charge >= 0.3 is 12.1 Å². The Morgan fingerprint density at radius 3 is 2.23 bits per heavy atom. The molecule has 1 aromatic rings. The van der Waals surface area contributed by atoms with Crippen molar-refractivity contribution in [3.05, 3.63) is 35.4 Å². The summed E-state index contributed by atoms with van der Waals surface area (Å²) in [6, 6.07) is 4.07. The number of ether oxygens (including phenoxy) is 1. The van der Waals surface area contributed by atoms with Crippen molar-refractivity contribution in [3.8, 4) is 0 Å². The number of likely N-dealkylation sites (tertiary alicyclic amines) is 1. The van der Waals surface area contributed by atoms with E-state index in [1.165, 1.54) is 0 Å². The molecular formula is C20H28F3IN4O3. The third kappa shape index (κ3) is 8.19. The Hall–Kier alpha value is -2.05. The van der Waals surface area contributed by atoms with Gasteiger partial charge in [0.25, 0.3) is 5.91 Å². The van der Waals surface area contributed by atoms with E-state index in [2.05, 4.69) is 15.6 Å². The molecule has 0 unspecified atom stereocenters. The summed E-state index contributed by atoms with van der Waals surface area (Å²) in [6.45, 7) is 4.17. The summed E-state index contributed by atoms with van der Waals surface area (Å²) in [5.74, 6) is -0.0368. The molecule has 0 spiro atoms. The van der Waals surface area contributed by atoms with E-state index in [-0.39, 0.29) is 48.0 Å². The van der Waals surface area contributed by atoms with E-state index >= 15 is 0 Å². The zero-order valence-corrected chi connectivity index (χ0v) is 19.8. The number of alkyl halides is 3. The van der Waals surface area contributed by atoms with Gasteiger partial charge in [0, 0.05) is 38.8 Å². The van der Waals surface area contributed by atoms with Gasteiger partial charge in [-0.05, 0) is 44.0 Å². The summed E-state index contributed by atoms with van der Waals surface area (Å²) in [6.07, 6.45) is -3.06. The van der Waals surface area contributed by atoms with Gasteiger partial charge < -0.3 is 20.3 Å². The third-order valence-corrected chi connectivity index (χ3v) is 4.79. The van der Waals surface area contributed by atoms with Crippen LogP contribution >= 0.6 is 24.0 Å². The molecule has 1 aliphatic rings. The van der Waals surface area contributed by atoms with Crippen LogP contribution in [0, 0.1) is 5.92 Å². The molecule has 0 aromatic heterocycles. The van der Waals surface area contributed by atoms with E-state index in [0.29, 0.717) is 45.0 Å². The molecule has 0 aliphatic carbocycles. The molecule has 1 saturated heterocycles. The fourth-order valence-electron chi connectivity index (χ4n) is 3.18. The van der Waals surface area contributed by atoms with Gasteiger partial charge in [0.15, 0.2) is 5.96 Å². The van der Waals surface area contributed by atoms with Crippen molar-refractivity contribution in [1.82, 2.24) is 15.5 Å². The second-order valence-corrected chi connectivity index (χ2v) is 6.82. The number of piperidine rings is 1. The van der Waals surface area contributed by atoms with Gasteiger partial charge in [-0.2, -0.15) is 13.2 Å². The molecule has 1 fully saturated rings. The van der Waals surface area contributed by atoms with Crippen LogP contribution in [-0.2, 0) is 15.7 Å². The first-order chi connectivity index (χ1) is 14.3. The van der Waals surface area contributed by atoms with Crippen molar-refractivity contribution in [3.63, 3.8) is 0 Å². The molecular weight excluding hydrogens is 528 g/mol. The van der Waals surface area contributed by atoms with Gasteiger partial charge in [0.1, 0.15) is 0 Å². The van der Waals surface area contributed by atoms with Gasteiger partial charge in [0.2, 0.25) is 0 Å². The van der Waals surface area contributed by atoms with Crippen molar-refractivity contribution in [1.29, 1.82) is 0 Å². The highest BCUT2D eigenvalue weighted by Crippen LogP contribution is 2.29. The summed E-state index contributed by atoms with van der Waals surface area (Å²) in [5.41, 5.74) is -0.635. The monoisotopic (exact) mass is 556 g/mol. The number of nitrogens with zero attached hydrogens (tertiary/aromatic N) is 2. The zero-order valence-electron chi connectivity index (χ0n) is 17.5. The van der Waals surface area contributed by atoms with Crippen LogP contribution in [0.4, 0.5) is 13.2 Å². The molecule has 31 heavy (non-hydrogen) atoms. The van der Waals surface area contributed by atoms with Gasteiger partial charge in [-0.15, -0.1) is 24.0 Å². The van der Waals surface area contributed by atoms with Crippen LogP contribution in [-0.4, -0.2) is 62.6 Å². The predicted octanol–water partition coefficient (Wildman–Crippen LogP) is 2.90. The van der Waals surface area contributed by atoms with E-state index in [9.17, 15) is 22.8 Å². The normalized spacial score (nSPS) is 15.1. The molecule has 1 aliphatic heterocycles. The Balaban J connectivity index is 0.00000480. The van der Waals surface area contributed by atoms with Crippen molar-refractivity contribution in [2.75, 3.05) is 39.8 Å². The Kier molecular flexibility index (Phi) is 11.1. The molecule has 1 amide bonds. The molecule has 11 heteroatoms. The quantitative estimate of drug-likeness (QED) is 0.185. The van der Waals surface area contributed by atoms with Crippen molar-refractivity contribution < 1.29 is 27.5 Å². The second-order valence-electron chi connectivity index (χ2n) is 6.82. The van der Waals surface area contributed by atoms with E-state index in [0.717, 1.165) is 24.3 Å². The Morgan fingerprint density at radius 1 is 1.13 bits per heavy atom. The summed E-state index contributed by atoms with van der Waals surface area (Å²) in [5, 5.41) is 5.80. The first-order valence-electron chi connectivity index (χ1n) is 9.84. The Labute approximate surface area is 196 Å². The lowest BCUT2D eigenvalue weighted by molar-refractivity contribution is -0.149. The van der Waals surface area contributed by atoms with Gasteiger partial charge in [-0.25, -0.2) is 0 Å². The molecule has 2 N–H and O–H groups in total. The summed E-state index contributed by atoms with van der Waals surface area (Å²) < 4.78 is 42.8. The van der Waals surface area contributed by atoms with Gasteiger partial charge in [0.05, 0.1) is 18.1 Å². The molecule has 7 nitrogen and oxygen atoms in total. The van der Waals surface area contributed by atoms with Crippen LogP contribution < -0.4 is 10.6 Å². The molecule has 1 heterocycles. The maximum atomic E-state index is 12.6. The average molecular weight is 556 g/mol. The minimum Gasteiger partial charge on any atom is -0.466 e. The van der Waals surface area contributed by atoms with Crippen LogP contribution in [0.5, 0.6) is 0 Å².